The Morgan fingerprint density at radius 1 is 0.395 bits per heavy atom. The molecule has 1 atom stereocenters. The summed E-state index contributed by atoms with van der Waals surface area (Å²) in [5.41, 5.74) is 14.3. The molecule has 0 saturated heterocycles. The molecule has 0 nitrogen and oxygen atoms in total. The van der Waals surface area contributed by atoms with Gasteiger partial charge in [0.2, 0.25) is 0 Å². The van der Waals surface area contributed by atoms with Crippen molar-refractivity contribution in [1.29, 1.82) is 0 Å². The van der Waals surface area contributed by atoms with Crippen LogP contribution < -0.4 is 0 Å². The van der Waals surface area contributed by atoms with Crippen LogP contribution in [-0.2, 0) is 44.3 Å². The lowest BCUT2D eigenvalue weighted by atomic mass is 9.63. The van der Waals surface area contributed by atoms with Gasteiger partial charge in [0, 0.05) is 0 Å². The Labute approximate surface area is 270 Å². The number of benzene rings is 2. The van der Waals surface area contributed by atoms with E-state index in [0.29, 0.717) is 5.92 Å². The third-order valence-electron chi connectivity index (χ3n) is 9.13. The van der Waals surface area contributed by atoms with Crippen molar-refractivity contribution in [3.8, 4) is 0 Å². The van der Waals surface area contributed by atoms with Gasteiger partial charge < -0.3 is 0 Å². The predicted octanol–water partition coefficient (Wildman–Crippen LogP) is 13.1. The van der Waals surface area contributed by atoms with Gasteiger partial charge in [-0.1, -0.05) is 171 Å². The van der Waals surface area contributed by atoms with Crippen molar-refractivity contribution in [3.05, 3.63) is 68.3 Å². The van der Waals surface area contributed by atoms with Crippen molar-refractivity contribution in [1.82, 2.24) is 0 Å². The second-order valence-corrected chi connectivity index (χ2v) is 21.0. The summed E-state index contributed by atoms with van der Waals surface area (Å²) in [5.74, 6) is 0.384. The van der Waals surface area contributed by atoms with Gasteiger partial charge in [0.15, 0.2) is 0 Å². The highest BCUT2D eigenvalue weighted by Gasteiger charge is 2.39. The Morgan fingerprint density at radius 3 is 1.00 bits per heavy atom. The summed E-state index contributed by atoms with van der Waals surface area (Å²) in [6, 6.07) is 7.59. The first kappa shape index (κ1) is 37.6. The molecule has 0 heterocycles. The molecule has 2 aromatic carbocycles. The first-order valence-electron chi connectivity index (χ1n) is 17.1. The first-order chi connectivity index (χ1) is 18.7. The maximum absolute atomic E-state index is 2.60. The van der Waals surface area contributed by atoms with E-state index in [-0.39, 0.29) is 37.9 Å². The molecule has 1 unspecified atom stereocenters. The van der Waals surface area contributed by atoms with Crippen LogP contribution in [0.1, 0.15) is 208 Å². The molecule has 0 N–H and O–H groups in total. The van der Waals surface area contributed by atoms with Crippen molar-refractivity contribution in [2.24, 2.45) is 0 Å². The summed E-state index contributed by atoms with van der Waals surface area (Å²) in [6.45, 7) is 53.3. The minimum absolute atomic E-state index is 0.0353. The molecule has 0 aliphatic heterocycles. The van der Waals surface area contributed by atoms with Crippen LogP contribution in [0.25, 0.3) is 0 Å². The molecule has 0 aliphatic carbocycles. The van der Waals surface area contributed by atoms with Crippen molar-refractivity contribution in [2.75, 3.05) is 0 Å². The second kappa shape index (κ2) is 11.4. The molecule has 0 aliphatic rings. The fourth-order valence-corrected chi connectivity index (χ4v) is 7.50. The van der Waals surface area contributed by atoms with Gasteiger partial charge in [0.1, 0.15) is 0 Å². The molecule has 43 heavy (non-hydrogen) atoms. The van der Waals surface area contributed by atoms with E-state index >= 15 is 0 Å². The molecule has 0 amide bonds. The Bertz CT molecular complexity index is 1240. The van der Waals surface area contributed by atoms with Crippen LogP contribution in [0.2, 0.25) is 0 Å². The Balaban J connectivity index is 3.19. The van der Waals surface area contributed by atoms with Crippen LogP contribution in [0.3, 0.4) is 0 Å². The first-order valence-corrected chi connectivity index (χ1v) is 17.1. The van der Waals surface area contributed by atoms with Gasteiger partial charge in [0.05, 0.1) is 0 Å². The van der Waals surface area contributed by atoms with Gasteiger partial charge in [0.25, 0.3) is 0 Å². The topological polar surface area (TPSA) is 0 Å². The molecule has 0 spiro atoms. The lowest BCUT2D eigenvalue weighted by Gasteiger charge is -2.42. The number of rotatable bonds is 3. The fraction of sp³-hybridized carbons (Fsp3) is 0.721. The van der Waals surface area contributed by atoms with Crippen molar-refractivity contribution in [2.45, 2.75) is 203 Å². The van der Waals surface area contributed by atoms with Crippen LogP contribution in [0, 0.1) is 0 Å². The van der Waals surface area contributed by atoms with Crippen LogP contribution in [-0.4, -0.2) is 0 Å². The summed E-state index contributed by atoms with van der Waals surface area (Å²) >= 11 is 0. The predicted molar refractivity (Wildman–Crippen MR) is 196 cm³/mol. The lowest BCUT2D eigenvalue weighted by Crippen LogP contribution is -2.32. The van der Waals surface area contributed by atoms with Crippen molar-refractivity contribution >= 4 is 0 Å². The molecular weight excluding hydrogens is 516 g/mol. The normalized spacial score (nSPS) is 15.2. The third kappa shape index (κ3) is 8.19. The molecule has 0 fully saturated rings. The summed E-state index contributed by atoms with van der Waals surface area (Å²) in [7, 11) is 0. The van der Waals surface area contributed by atoms with Gasteiger partial charge in [-0.3, -0.25) is 0 Å². The van der Waals surface area contributed by atoms with Crippen LogP contribution in [0.5, 0.6) is 0 Å². The Kier molecular flexibility index (Phi) is 9.93. The smallest absolute Gasteiger partial charge is 0.0126 e. The molecule has 244 valence electrons. The quantitative estimate of drug-likeness (QED) is 0.334. The second-order valence-electron chi connectivity index (χ2n) is 21.0. The van der Waals surface area contributed by atoms with E-state index in [1.807, 2.05) is 0 Å². The van der Waals surface area contributed by atoms with Crippen LogP contribution >= 0.6 is 0 Å². The highest BCUT2D eigenvalue weighted by molar-refractivity contribution is 5.57. The molecule has 0 radical (unpaired) electrons. The zero-order valence-corrected chi connectivity index (χ0v) is 33.0. The molecular formula is C43H72. The van der Waals surface area contributed by atoms with E-state index in [1.165, 1.54) is 22.3 Å². The van der Waals surface area contributed by atoms with E-state index in [2.05, 4.69) is 171 Å². The van der Waals surface area contributed by atoms with Gasteiger partial charge in [-0.2, -0.15) is 0 Å². The zero-order chi connectivity index (χ0) is 34.1. The molecule has 2 rings (SSSR count). The summed E-state index contributed by atoms with van der Waals surface area (Å²) in [6.07, 6.45) is 1.05. The molecule has 0 saturated carbocycles. The fourth-order valence-electron chi connectivity index (χ4n) is 7.50. The average Bonchev–Trinajstić information content (AvgIpc) is 2.72. The molecule has 0 aromatic heterocycles. The van der Waals surface area contributed by atoms with E-state index < -0.39 is 0 Å². The van der Waals surface area contributed by atoms with E-state index in [0.717, 1.165) is 6.42 Å². The van der Waals surface area contributed by atoms with Gasteiger partial charge >= 0.3 is 0 Å². The van der Waals surface area contributed by atoms with Gasteiger partial charge in [-0.05, 0) is 100 Å². The largest absolute Gasteiger partial charge is 0.0581 e. The molecule has 2 aromatic rings. The van der Waals surface area contributed by atoms with E-state index in [1.54, 1.807) is 27.8 Å². The van der Waals surface area contributed by atoms with Crippen molar-refractivity contribution in [3.63, 3.8) is 0 Å². The highest BCUT2D eigenvalue weighted by Crippen LogP contribution is 2.49. The Hall–Kier alpha value is -1.56. The highest BCUT2D eigenvalue weighted by atomic mass is 14.4. The standard InChI is InChI=1S/C43H72/c1-27(28-23-24-30(37(2,3)4)36(43(20,21)22)35(28)42(17,18)19)25-29-33(40(11,12)13)31(38(5,6)7)26-32(39(8,9)10)34(29)41(14,15)16/h23-24,26-27H,25H2,1-22H3. The number of hydrogen-bond donors (Lipinski definition) is 0. The summed E-state index contributed by atoms with van der Waals surface area (Å²) in [4.78, 5) is 0. The Morgan fingerprint density at radius 2 is 0.721 bits per heavy atom. The summed E-state index contributed by atoms with van der Waals surface area (Å²) < 4.78 is 0. The lowest BCUT2D eigenvalue weighted by molar-refractivity contribution is 0.481. The van der Waals surface area contributed by atoms with Crippen LogP contribution in [0.4, 0.5) is 0 Å². The van der Waals surface area contributed by atoms with Crippen molar-refractivity contribution < 1.29 is 0 Å². The van der Waals surface area contributed by atoms with Gasteiger partial charge in [-0.15, -0.1) is 0 Å². The molecule has 0 bridgehead atoms. The van der Waals surface area contributed by atoms with E-state index in [9.17, 15) is 0 Å². The minimum Gasteiger partial charge on any atom is -0.0581 e. The number of hydrogen-bond acceptors (Lipinski definition) is 0. The maximum Gasteiger partial charge on any atom is -0.0126 e. The molecule has 0 heteroatoms. The van der Waals surface area contributed by atoms with Crippen LogP contribution in [0.15, 0.2) is 18.2 Å². The monoisotopic (exact) mass is 589 g/mol. The summed E-state index contributed by atoms with van der Waals surface area (Å²) in [5, 5.41) is 0. The maximum atomic E-state index is 2.60. The average molecular weight is 589 g/mol. The van der Waals surface area contributed by atoms with E-state index in [4.69, 9.17) is 0 Å². The SMILES string of the molecule is CC(Cc1c(C(C)(C)C)c(C(C)(C)C)cc(C(C)(C)C)c1C(C)(C)C)c1ccc(C(C)(C)C)c(C(C)(C)C)c1C(C)(C)C. The minimum atomic E-state index is 0.0353. The third-order valence-corrected chi connectivity index (χ3v) is 9.13. The van der Waals surface area contributed by atoms with Gasteiger partial charge in [-0.25, -0.2) is 0 Å². The zero-order valence-electron chi connectivity index (χ0n) is 33.0.